The van der Waals surface area contributed by atoms with Crippen molar-refractivity contribution < 1.29 is 0 Å². The van der Waals surface area contributed by atoms with Crippen LogP contribution in [-0.4, -0.2) is 9.97 Å². The maximum Gasteiger partial charge on any atom is 0.219 e. The van der Waals surface area contributed by atoms with Gasteiger partial charge in [0.25, 0.3) is 0 Å². The molecule has 1 aromatic heterocycles. The van der Waals surface area contributed by atoms with Crippen molar-refractivity contribution in [1.82, 2.24) is 9.97 Å². The summed E-state index contributed by atoms with van der Waals surface area (Å²) in [7, 11) is 0. The van der Waals surface area contributed by atoms with E-state index in [2.05, 4.69) is 9.97 Å². The third-order valence-corrected chi connectivity index (χ3v) is 0.801. The standard InChI is InChI=1S/C5H7N3.2C2H6/c1-4-2-7-5(6)8-3-4;2*1-2/h2-3H,1H3,(H2,6,7,8);2*1-2H3. The molecule has 0 spiro atoms. The van der Waals surface area contributed by atoms with Crippen LogP contribution in [0.25, 0.3) is 0 Å². The van der Waals surface area contributed by atoms with Gasteiger partial charge in [0.05, 0.1) is 0 Å². The van der Waals surface area contributed by atoms with E-state index in [1.165, 1.54) is 0 Å². The molecule has 1 aromatic rings. The minimum Gasteiger partial charge on any atom is -0.368 e. The summed E-state index contributed by atoms with van der Waals surface area (Å²) in [4.78, 5) is 7.49. The highest BCUT2D eigenvalue weighted by atomic mass is 15.0. The molecular formula is C9H19N3. The van der Waals surface area contributed by atoms with E-state index in [9.17, 15) is 0 Å². The third-order valence-electron chi connectivity index (χ3n) is 0.801. The lowest BCUT2D eigenvalue weighted by molar-refractivity contribution is 1.15. The molecule has 0 aliphatic heterocycles. The number of nitrogen functional groups attached to an aromatic ring is 1. The molecule has 0 aliphatic carbocycles. The SMILES string of the molecule is CC.CC.Cc1cnc(N)nc1. The number of anilines is 1. The fourth-order valence-electron chi connectivity index (χ4n) is 0.403. The smallest absolute Gasteiger partial charge is 0.219 e. The van der Waals surface area contributed by atoms with Gasteiger partial charge in [0.2, 0.25) is 5.95 Å². The van der Waals surface area contributed by atoms with Crippen LogP contribution in [0, 0.1) is 6.92 Å². The summed E-state index contributed by atoms with van der Waals surface area (Å²) >= 11 is 0. The van der Waals surface area contributed by atoms with E-state index >= 15 is 0 Å². The van der Waals surface area contributed by atoms with E-state index in [0.717, 1.165) is 5.56 Å². The van der Waals surface area contributed by atoms with Crippen molar-refractivity contribution in [2.24, 2.45) is 0 Å². The predicted octanol–water partition coefficient (Wildman–Crippen LogP) is 2.42. The Morgan fingerprint density at radius 3 is 1.58 bits per heavy atom. The van der Waals surface area contributed by atoms with Crippen LogP contribution in [0.5, 0.6) is 0 Å². The molecule has 0 unspecified atom stereocenters. The van der Waals surface area contributed by atoms with Gasteiger partial charge in [-0.1, -0.05) is 27.7 Å². The molecule has 0 aliphatic rings. The fourth-order valence-corrected chi connectivity index (χ4v) is 0.403. The Labute approximate surface area is 75.0 Å². The number of nitrogens with two attached hydrogens (primary N) is 1. The zero-order valence-electron chi connectivity index (χ0n) is 8.63. The highest BCUT2D eigenvalue weighted by Gasteiger charge is 1.83. The molecule has 0 aromatic carbocycles. The zero-order chi connectivity index (χ0) is 9.98. The first-order chi connectivity index (χ1) is 5.79. The minimum absolute atomic E-state index is 0.329. The van der Waals surface area contributed by atoms with Gasteiger partial charge < -0.3 is 5.73 Å². The maximum absolute atomic E-state index is 5.20. The molecule has 0 bridgehead atoms. The molecule has 3 nitrogen and oxygen atoms in total. The third kappa shape index (κ3) is 6.99. The highest BCUT2D eigenvalue weighted by molar-refractivity contribution is 5.15. The monoisotopic (exact) mass is 169 g/mol. The first-order valence-corrected chi connectivity index (χ1v) is 4.33. The maximum atomic E-state index is 5.20. The summed E-state index contributed by atoms with van der Waals surface area (Å²) in [5, 5.41) is 0. The van der Waals surface area contributed by atoms with Gasteiger partial charge in [-0.2, -0.15) is 0 Å². The molecule has 0 atom stereocenters. The van der Waals surface area contributed by atoms with Crippen LogP contribution in [0.4, 0.5) is 5.95 Å². The largest absolute Gasteiger partial charge is 0.368 e. The second kappa shape index (κ2) is 9.88. The topological polar surface area (TPSA) is 51.8 Å². The van der Waals surface area contributed by atoms with Crippen LogP contribution >= 0.6 is 0 Å². The van der Waals surface area contributed by atoms with Crippen molar-refractivity contribution in [1.29, 1.82) is 0 Å². The number of hydrogen-bond acceptors (Lipinski definition) is 3. The van der Waals surface area contributed by atoms with Crippen LogP contribution in [0.2, 0.25) is 0 Å². The summed E-state index contributed by atoms with van der Waals surface area (Å²) in [5.74, 6) is 0.329. The lowest BCUT2D eigenvalue weighted by Gasteiger charge is -1.88. The number of aromatic nitrogens is 2. The Balaban J connectivity index is 0. The van der Waals surface area contributed by atoms with Crippen LogP contribution in [-0.2, 0) is 0 Å². The first-order valence-electron chi connectivity index (χ1n) is 4.33. The second-order valence-corrected chi connectivity index (χ2v) is 1.62. The van der Waals surface area contributed by atoms with Gasteiger partial charge in [-0.05, 0) is 12.5 Å². The van der Waals surface area contributed by atoms with Crippen molar-refractivity contribution >= 4 is 5.95 Å². The number of nitrogens with zero attached hydrogens (tertiary/aromatic N) is 2. The van der Waals surface area contributed by atoms with E-state index in [1.54, 1.807) is 12.4 Å². The predicted molar refractivity (Wildman–Crippen MR) is 53.9 cm³/mol. The van der Waals surface area contributed by atoms with Crippen LogP contribution in [0.3, 0.4) is 0 Å². The van der Waals surface area contributed by atoms with Crippen molar-refractivity contribution in [3.63, 3.8) is 0 Å². The van der Waals surface area contributed by atoms with Gasteiger partial charge in [0.15, 0.2) is 0 Å². The van der Waals surface area contributed by atoms with Gasteiger partial charge in [-0.3, -0.25) is 0 Å². The molecule has 0 saturated carbocycles. The number of hydrogen-bond donors (Lipinski definition) is 1. The van der Waals surface area contributed by atoms with Crippen molar-refractivity contribution in [2.75, 3.05) is 5.73 Å². The minimum atomic E-state index is 0.329. The Kier molecular flexibility index (Phi) is 11.1. The van der Waals surface area contributed by atoms with Crippen molar-refractivity contribution in [3.05, 3.63) is 18.0 Å². The van der Waals surface area contributed by atoms with Gasteiger partial charge in [-0.25, -0.2) is 9.97 Å². The van der Waals surface area contributed by atoms with Gasteiger partial charge in [0, 0.05) is 12.4 Å². The average Bonchev–Trinajstić information content (AvgIpc) is 2.17. The Hall–Kier alpha value is -1.12. The van der Waals surface area contributed by atoms with E-state index in [4.69, 9.17) is 5.73 Å². The zero-order valence-corrected chi connectivity index (χ0v) is 8.63. The molecule has 70 valence electrons. The van der Waals surface area contributed by atoms with E-state index in [0.29, 0.717) is 5.95 Å². The number of rotatable bonds is 0. The van der Waals surface area contributed by atoms with Crippen molar-refractivity contribution in [3.8, 4) is 0 Å². The van der Waals surface area contributed by atoms with E-state index in [1.807, 2.05) is 34.6 Å². The first kappa shape index (κ1) is 13.5. The van der Waals surface area contributed by atoms with Gasteiger partial charge in [-0.15, -0.1) is 0 Å². The highest BCUT2D eigenvalue weighted by Crippen LogP contribution is 1.91. The Morgan fingerprint density at radius 2 is 1.33 bits per heavy atom. The molecule has 0 amide bonds. The second-order valence-electron chi connectivity index (χ2n) is 1.62. The fraction of sp³-hybridized carbons (Fsp3) is 0.556. The Morgan fingerprint density at radius 1 is 1.00 bits per heavy atom. The molecule has 1 rings (SSSR count). The lowest BCUT2D eigenvalue weighted by Crippen LogP contribution is -1.92. The molecule has 0 fully saturated rings. The molecule has 3 heteroatoms. The van der Waals surface area contributed by atoms with Crippen LogP contribution < -0.4 is 5.73 Å². The molecule has 2 N–H and O–H groups in total. The normalized spacial score (nSPS) is 7.08. The Bertz CT molecular complexity index is 149. The van der Waals surface area contributed by atoms with Gasteiger partial charge in [0.1, 0.15) is 0 Å². The summed E-state index contributed by atoms with van der Waals surface area (Å²) < 4.78 is 0. The van der Waals surface area contributed by atoms with Crippen molar-refractivity contribution in [2.45, 2.75) is 34.6 Å². The molecule has 0 radical (unpaired) electrons. The lowest BCUT2D eigenvalue weighted by atomic mass is 10.4. The summed E-state index contributed by atoms with van der Waals surface area (Å²) in [6.45, 7) is 9.92. The summed E-state index contributed by atoms with van der Waals surface area (Å²) in [5.41, 5.74) is 6.23. The molecular weight excluding hydrogens is 150 g/mol. The van der Waals surface area contributed by atoms with Crippen LogP contribution in [0.1, 0.15) is 33.3 Å². The quantitative estimate of drug-likeness (QED) is 0.649. The summed E-state index contributed by atoms with van der Waals surface area (Å²) in [6.07, 6.45) is 3.37. The summed E-state index contributed by atoms with van der Waals surface area (Å²) in [6, 6.07) is 0. The van der Waals surface area contributed by atoms with E-state index in [-0.39, 0.29) is 0 Å². The van der Waals surface area contributed by atoms with Gasteiger partial charge >= 0.3 is 0 Å². The number of aryl methyl sites for hydroxylation is 1. The molecule has 12 heavy (non-hydrogen) atoms. The van der Waals surface area contributed by atoms with Crippen LogP contribution in [0.15, 0.2) is 12.4 Å². The average molecular weight is 169 g/mol. The molecule has 0 saturated heterocycles. The molecule has 1 heterocycles. The van der Waals surface area contributed by atoms with E-state index < -0.39 is 0 Å².